The fraction of sp³-hybridized carbons (Fsp3) is 0.385. The molecule has 3 aromatic rings. The summed E-state index contributed by atoms with van der Waals surface area (Å²) in [6.07, 6.45) is 3.74. The van der Waals surface area contributed by atoms with Crippen LogP contribution in [0, 0.1) is 30.1 Å². The molecule has 0 aliphatic heterocycles. The summed E-state index contributed by atoms with van der Waals surface area (Å²) in [5.74, 6) is 2.27. The molecule has 0 saturated carbocycles. The molecule has 3 rings (SSSR count). The number of aryl methyl sites for hydroxylation is 1. The Morgan fingerprint density at radius 1 is 1.00 bits per heavy atom. The lowest BCUT2D eigenvalue weighted by atomic mass is 9.96. The van der Waals surface area contributed by atoms with Gasteiger partial charge in [-0.1, -0.05) is 63.4 Å². The average molecular weight is 401 g/mol. The topological polar surface area (TPSA) is 53.6 Å². The largest absolute Gasteiger partial charge is 0.368 e. The van der Waals surface area contributed by atoms with E-state index in [1.807, 2.05) is 28.9 Å². The van der Waals surface area contributed by atoms with E-state index in [0.29, 0.717) is 11.5 Å². The van der Waals surface area contributed by atoms with Crippen molar-refractivity contribution in [2.24, 2.45) is 11.8 Å². The molecule has 0 fully saturated rings. The number of hydrogen-bond donors (Lipinski definition) is 1. The summed E-state index contributed by atoms with van der Waals surface area (Å²) in [5, 5.41) is 17.5. The first kappa shape index (κ1) is 21.6. The predicted molar refractivity (Wildman–Crippen MR) is 125 cm³/mol. The highest BCUT2D eigenvalue weighted by Crippen LogP contribution is 2.27. The first-order valence-corrected chi connectivity index (χ1v) is 10.9. The molecule has 0 aliphatic rings. The minimum atomic E-state index is 0.599. The van der Waals surface area contributed by atoms with Gasteiger partial charge in [-0.25, -0.2) is 4.68 Å². The predicted octanol–water partition coefficient (Wildman–Crippen LogP) is 6.59. The molecule has 4 heteroatoms. The number of nitrogens with zero attached hydrogens (tertiary/aromatic N) is 3. The molecule has 30 heavy (non-hydrogen) atoms. The molecule has 0 radical (unpaired) electrons. The van der Waals surface area contributed by atoms with Gasteiger partial charge in [-0.05, 0) is 49.4 Å². The number of benzene rings is 2. The molecule has 0 saturated heterocycles. The van der Waals surface area contributed by atoms with E-state index in [0.717, 1.165) is 35.2 Å². The number of hydrogen-bond acceptors (Lipinski definition) is 3. The van der Waals surface area contributed by atoms with E-state index in [4.69, 9.17) is 10.4 Å². The highest BCUT2D eigenvalue weighted by Gasteiger charge is 2.13. The molecule has 0 spiro atoms. The first-order chi connectivity index (χ1) is 14.5. The van der Waals surface area contributed by atoms with E-state index in [1.54, 1.807) is 0 Å². The van der Waals surface area contributed by atoms with Gasteiger partial charge in [-0.15, -0.1) is 5.10 Å². The summed E-state index contributed by atoms with van der Waals surface area (Å²) in [6.45, 7) is 9.89. The number of nitrogens with one attached hydrogen (secondary N) is 1. The van der Waals surface area contributed by atoms with Crippen molar-refractivity contribution in [3.05, 3.63) is 65.7 Å². The van der Waals surface area contributed by atoms with Gasteiger partial charge in [0.2, 0.25) is 0 Å². The number of nitriles is 1. The van der Waals surface area contributed by atoms with E-state index in [9.17, 15) is 0 Å². The smallest absolute Gasteiger partial charge is 0.149 e. The number of aromatic nitrogens is 2. The van der Waals surface area contributed by atoms with Crippen molar-refractivity contribution in [2.45, 2.75) is 47.0 Å². The molecule has 2 unspecified atom stereocenters. The lowest BCUT2D eigenvalue weighted by Gasteiger charge is -2.14. The maximum Gasteiger partial charge on any atom is 0.149 e. The fourth-order valence-electron chi connectivity index (χ4n) is 3.43. The molecule has 2 aromatic carbocycles. The third kappa shape index (κ3) is 5.51. The van der Waals surface area contributed by atoms with Gasteiger partial charge in [0.15, 0.2) is 0 Å². The van der Waals surface area contributed by atoms with Gasteiger partial charge < -0.3 is 5.32 Å². The molecule has 0 aliphatic carbocycles. The van der Waals surface area contributed by atoms with Crippen LogP contribution in [0.4, 0.5) is 5.82 Å². The summed E-state index contributed by atoms with van der Waals surface area (Å²) in [6, 6.07) is 20.4. The molecule has 2 atom stereocenters. The monoisotopic (exact) mass is 400 g/mol. The minimum absolute atomic E-state index is 0.599. The van der Waals surface area contributed by atoms with Crippen LogP contribution in [0.5, 0.6) is 0 Å². The van der Waals surface area contributed by atoms with Crippen LogP contribution >= 0.6 is 0 Å². The van der Waals surface area contributed by atoms with Crippen molar-refractivity contribution in [3.63, 3.8) is 0 Å². The molecule has 4 nitrogen and oxygen atoms in total. The Hall–Kier alpha value is -3.06. The van der Waals surface area contributed by atoms with Gasteiger partial charge in [0.05, 0.1) is 23.0 Å². The van der Waals surface area contributed by atoms with Crippen LogP contribution < -0.4 is 5.32 Å². The van der Waals surface area contributed by atoms with E-state index in [-0.39, 0.29) is 0 Å². The highest BCUT2D eigenvalue weighted by atomic mass is 15.3. The molecular weight excluding hydrogens is 368 g/mol. The van der Waals surface area contributed by atoms with Crippen LogP contribution in [-0.4, -0.2) is 16.3 Å². The normalized spacial score (nSPS) is 12.9. The zero-order valence-corrected chi connectivity index (χ0v) is 18.5. The molecule has 0 bridgehead atoms. The molecular formula is C26H32N4. The summed E-state index contributed by atoms with van der Waals surface area (Å²) < 4.78 is 1.96. The highest BCUT2D eigenvalue weighted by molar-refractivity contribution is 5.66. The van der Waals surface area contributed by atoms with Crippen molar-refractivity contribution in [1.29, 1.82) is 5.26 Å². The minimum Gasteiger partial charge on any atom is -0.368 e. The van der Waals surface area contributed by atoms with Crippen LogP contribution in [0.2, 0.25) is 0 Å². The molecule has 1 heterocycles. The van der Waals surface area contributed by atoms with Crippen molar-refractivity contribution >= 4 is 5.82 Å². The second-order valence-corrected chi connectivity index (χ2v) is 8.43. The SMILES string of the molecule is CCC(C)CCC(C)CNc1cc(-c2ccc(C)cc2)n(-c2ccc(C#N)cc2)n1. The molecule has 1 N–H and O–H groups in total. The second-order valence-electron chi connectivity index (χ2n) is 8.43. The van der Waals surface area contributed by atoms with Crippen molar-refractivity contribution in [1.82, 2.24) is 9.78 Å². The van der Waals surface area contributed by atoms with Crippen molar-refractivity contribution in [3.8, 4) is 23.0 Å². The van der Waals surface area contributed by atoms with Crippen LogP contribution in [0.25, 0.3) is 16.9 Å². The quantitative estimate of drug-likeness (QED) is 0.440. The van der Waals surface area contributed by atoms with Crippen LogP contribution in [0.3, 0.4) is 0 Å². The Morgan fingerprint density at radius 3 is 2.30 bits per heavy atom. The molecule has 156 valence electrons. The number of anilines is 1. The Morgan fingerprint density at radius 2 is 1.67 bits per heavy atom. The van der Waals surface area contributed by atoms with Gasteiger partial charge in [0.25, 0.3) is 0 Å². The van der Waals surface area contributed by atoms with Crippen LogP contribution in [-0.2, 0) is 0 Å². The Bertz CT molecular complexity index is 977. The lowest BCUT2D eigenvalue weighted by molar-refractivity contribution is 0.433. The maximum atomic E-state index is 9.09. The Balaban J connectivity index is 1.82. The Kier molecular flexibility index (Phi) is 7.30. The summed E-state index contributed by atoms with van der Waals surface area (Å²) in [7, 11) is 0. The van der Waals surface area contributed by atoms with E-state index < -0.39 is 0 Å². The fourth-order valence-corrected chi connectivity index (χ4v) is 3.43. The van der Waals surface area contributed by atoms with E-state index in [2.05, 4.69) is 69.4 Å². The van der Waals surface area contributed by atoms with Crippen molar-refractivity contribution < 1.29 is 0 Å². The Labute approximate surface area is 180 Å². The van der Waals surface area contributed by atoms with Gasteiger partial charge in [0, 0.05) is 18.2 Å². The summed E-state index contributed by atoms with van der Waals surface area (Å²) in [5.41, 5.74) is 4.99. The van der Waals surface area contributed by atoms with Crippen LogP contribution in [0.1, 0.15) is 51.2 Å². The zero-order valence-electron chi connectivity index (χ0n) is 18.5. The summed E-state index contributed by atoms with van der Waals surface area (Å²) in [4.78, 5) is 0. The standard InChI is InChI=1S/C26H32N4/c1-5-19(2)6-7-21(4)18-28-26-16-25(23-12-8-20(3)9-13-23)30(29-26)24-14-10-22(17-27)11-15-24/h8-16,19,21H,5-7,18H2,1-4H3,(H,28,29). The van der Waals surface area contributed by atoms with Gasteiger partial charge in [-0.3, -0.25) is 0 Å². The lowest BCUT2D eigenvalue weighted by Crippen LogP contribution is -2.13. The molecule has 0 amide bonds. The number of rotatable bonds is 9. The second kappa shape index (κ2) is 10.1. The van der Waals surface area contributed by atoms with Gasteiger partial charge in [0.1, 0.15) is 5.82 Å². The van der Waals surface area contributed by atoms with Gasteiger partial charge in [-0.2, -0.15) is 5.26 Å². The maximum absolute atomic E-state index is 9.09. The molecule has 1 aromatic heterocycles. The third-order valence-electron chi connectivity index (χ3n) is 5.78. The third-order valence-corrected chi connectivity index (χ3v) is 5.78. The van der Waals surface area contributed by atoms with E-state index >= 15 is 0 Å². The zero-order chi connectivity index (χ0) is 21.5. The van der Waals surface area contributed by atoms with Crippen molar-refractivity contribution in [2.75, 3.05) is 11.9 Å². The average Bonchev–Trinajstić information content (AvgIpc) is 3.20. The van der Waals surface area contributed by atoms with Gasteiger partial charge >= 0.3 is 0 Å². The van der Waals surface area contributed by atoms with E-state index in [1.165, 1.54) is 24.8 Å². The summed E-state index contributed by atoms with van der Waals surface area (Å²) >= 11 is 0. The first-order valence-electron chi connectivity index (χ1n) is 10.9. The van der Waals surface area contributed by atoms with Crippen LogP contribution in [0.15, 0.2) is 54.6 Å².